The first-order valence-corrected chi connectivity index (χ1v) is 10.4. The van der Waals surface area contributed by atoms with Crippen molar-refractivity contribution < 1.29 is 28.3 Å². The smallest absolute Gasteiger partial charge is 0.476 e. The van der Waals surface area contributed by atoms with E-state index < -0.39 is 18.6 Å². The number of nitrogens with zero attached hydrogens (tertiary/aromatic N) is 1. The highest BCUT2D eigenvalue weighted by Crippen LogP contribution is 2.50. The second-order valence-electron chi connectivity index (χ2n) is 5.87. The van der Waals surface area contributed by atoms with Gasteiger partial charge in [-0.3, -0.25) is 4.90 Å². The summed E-state index contributed by atoms with van der Waals surface area (Å²) >= 11 is 5.27. The lowest BCUT2D eigenvalue weighted by atomic mass is 10.0. The number of carbonyl (C=O) groups is 1. The highest BCUT2D eigenvalue weighted by atomic mass is 35.7. The minimum absolute atomic E-state index is 0.0537. The molecule has 1 N–H and O–H groups in total. The van der Waals surface area contributed by atoms with Crippen molar-refractivity contribution >= 4 is 24.2 Å². The normalized spacial score (nSPS) is 15.6. The number of hydrogen-bond donors (Lipinski definition) is 1. The van der Waals surface area contributed by atoms with Crippen molar-refractivity contribution in [1.29, 1.82) is 0 Å². The van der Waals surface area contributed by atoms with Crippen LogP contribution in [0.3, 0.4) is 0 Å². The summed E-state index contributed by atoms with van der Waals surface area (Å²) < 4.78 is 27.2. The Labute approximate surface area is 162 Å². The van der Waals surface area contributed by atoms with Gasteiger partial charge in [-0.25, -0.2) is 9.36 Å². The lowest BCUT2D eigenvalue weighted by molar-refractivity contribution is -0.196. The van der Waals surface area contributed by atoms with Crippen molar-refractivity contribution in [2.24, 2.45) is 0 Å². The maximum absolute atomic E-state index is 12.9. The molecule has 27 heavy (non-hydrogen) atoms. The van der Waals surface area contributed by atoms with Gasteiger partial charge >= 0.3 is 12.9 Å². The maximum Gasteiger partial charge on any atom is 0.476 e. The van der Waals surface area contributed by atoms with E-state index in [2.05, 4.69) is 4.52 Å². The summed E-state index contributed by atoms with van der Waals surface area (Å²) in [6.07, 6.45) is 0. The fourth-order valence-electron chi connectivity index (χ4n) is 2.57. The summed E-state index contributed by atoms with van der Waals surface area (Å²) in [5, 5.41) is 0. The monoisotopic (exact) mass is 413 g/mol. The van der Waals surface area contributed by atoms with Crippen molar-refractivity contribution in [3.05, 3.63) is 65.7 Å². The third-order valence-electron chi connectivity index (χ3n) is 3.87. The molecule has 0 amide bonds. The molecule has 0 aromatic heterocycles. The van der Waals surface area contributed by atoms with E-state index >= 15 is 0 Å². The minimum Gasteiger partial charge on any atom is -0.497 e. The lowest BCUT2D eigenvalue weighted by Crippen LogP contribution is -2.51. The van der Waals surface area contributed by atoms with Crippen molar-refractivity contribution in [1.82, 2.24) is 4.90 Å². The molecule has 0 aliphatic heterocycles. The van der Waals surface area contributed by atoms with Crippen LogP contribution in [-0.4, -0.2) is 37.0 Å². The van der Waals surface area contributed by atoms with Gasteiger partial charge in [-0.15, -0.1) is 0 Å². The van der Waals surface area contributed by atoms with Gasteiger partial charge in [0, 0.05) is 16.8 Å². The average Bonchev–Trinajstić information content (AvgIpc) is 2.62. The van der Waals surface area contributed by atoms with Crippen LogP contribution >= 0.6 is 18.2 Å². The second-order valence-corrected chi connectivity index (χ2v) is 8.24. The Morgan fingerprint density at radius 3 is 2.22 bits per heavy atom. The van der Waals surface area contributed by atoms with Gasteiger partial charge in [0.2, 0.25) is 5.72 Å². The van der Waals surface area contributed by atoms with Crippen LogP contribution in [0.4, 0.5) is 0 Å². The molecule has 2 aromatic carbocycles. The summed E-state index contributed by atoms with van der Waals surface area (Å²) in [5.41, 5.74) is -0.600. The van der Waals surface area contributed by atoms with Gasteiger partial charge in [0.25, 0.3) is 0 Å². The van der Waals surface area contributed by atoms with Crippen molar-refractivity contribution in [3.63, 3.8) is 0 Å². The zero-order valence-electron chi connectivity index (χ0n) is 15.2. The van der Waals surface area contributed by atoms with Crippen LogP contribution in [0.1, 0.15) is 11.1 Å². The van der Waals surface area contributed by atoms with Crippen LogP contribution in [-0.2, 0) is 31.0 Å². The van der Waals surface area contributed by atoms with Gasteiger partial charge in [-0.1, -0.05) is 42.5 Å². The Bertz CT molecular complexity index is 808. The molecular weight excluding hydrogens is 393 g/mol. The summed E-state index contributed by atoms with van der Waals surface area (Å²) in [6, 6.07) is 15.7. The fraction of sp³-hybridized carbons (Fsp3) is 0.278. The molecule has 2 atom stereocenters. The zero-order chi connectivity index (χ0) is 20.1. The highest BCUT2D eigenvalue weighted by molar-refractivity contribution is 7.80. The summed E-state index contributed by atoms with van der Waals surface area (Å²) in [6.45, 7) is -4.54. The predicted molar refractivity (Wildman–Crippen MR) is 101 cm³/mol. The van der Waals surface area contributed by atoms with Crippen LogP contribution < -0.4 is 4.74 Å². The van der Waals surface area contributed by atoms with Gasteiger partial charge in [-0.05, 0) is 31.8 Å². The number of carbonyl (C=O) groups excluding carboxylic acids is 1. The molecule has 2 aromatic rings. The SMILES string of the molecule is COc1ccc([C@](OCc2ccccc2)(C(=O)OP(=O)(O)Cl)N(C)C)cc1. The molecule has 0 heterocycles. The zero-order valence-corrected chi connectivity index (χ0v) is 16.8. The van der Waals surface area contributed by atoms with Gasteiger partial charge in [0.15, 0.2) is 0 Å². The number of benzene rings is 2. The van der Waals surface area contributed by atoms with Crippen LogP contribution in [0.25, 0.3) is 0 Å². The largest absolute Gasteiger partial charge is 0.497 e. The Morgan fingerprint density at radius 1 is 1.15 bits per heavy atom. The Balaban J connectivity index is 2.48. The third kappa shape index (κ3) is 5.31. The molecule has 2 rings (SSSR count). The molecule has 146 valence electrons. The van der Waals surface area contributed by atoms with E-state index in [0.717, 1.165) is 5.56 Å². The average molecular weight is 414 g/mol. The Kier molecular flexibility index (Phi) is 7.03. The van der Waals surface area contributed by atoms with E-state index in [1.807, 2.05) is 30.3 Å². The molecule has 9 heteroatoms. The van der Waals surface area contributed by atoms with Crippen molar-refractivity contribution in [2.75, 3.05) is 21.2 Å². The number of hydrogen-bond acceptors (Lipinski definition) is 6. The number of halogens is 1. The summed E-state index contributed by atoms with van der Waals surface area (Å²) in [5.74, 6) is -0.526. The molecule has 0 spiro atoms. The van der Waals surface area contributed by atoms with Crippen LogP contribution in [0.5, 0.6) is 5.75 Å². The van der Waals surface area contributed by atoms with Crippen LogP contribution in [0, 0.1) is 0 Å². The van der Waals surface area contributed by atoms with Gasteiger partial charge < -0.3 is 18.9 Å². The van der Waals surface area contributed by atoms with E-state index in [4.69, 9.17) is 20.7 Å². The Hall–Kier alpha value is -1.89. The standard InChI is InChI=1S/C18H21ClNO6P/c1-20(2)18(17(21)26-27(19,22)23,15-9-11-16(24-3)12-10-15)25-13-14-7-5-4-6-8-14/h4-12H,13H2,1-3H3,(H,22,23)/t18-/m0/s1. The molecule has 0 radical (unpaired) electrons. The molecule has 0 aliphatic rings. The van der Waals surface area contributed by atoms with Crippen molar-refractivity contribution in [3.8, 4) is 5.75 Å². The topological polar surface area (TPSA) is 85.3 Å². The first-order valence-electron chi connectivity index (χ1n) is 7.95. The minimum atomic E-state index is -4.60. The summed E-state index contributed by atoms with van der Waals surface area (Å²) in [7, 11) is 4.70. The third-order valence-corrected chi connectivity index (χ3v) is 4.47. The lowest BCUT2D eigenvalue weighted by Gasteiger charge is -2.37. The molecule has 0 saturated carbocycles. The first-order chi connectivity index (χ1) is 12.7. The molecule has 0 bridgehead atoms. The number of rotatable bonds is 8. The number of likely N-dealkylation sites (N-methyl/N-ethyl adjacent to an activating group) is 1. The van der Waals surface area contributed by atoms with Crippen LogP contribution in [0.2, 0.25) is 0 Å². The van der Waals surface area contributed by atoms with E-state index in [9.17, 15) is 14.3 Å². The van der Waals surface area contributed by atoms with Gasteiger partial charge in [-0.2, -0.15) is 0 Å². The molecule has 0 aliphatic carbocycles. The maximum atomic E-state index is 12.9. The first kappa shape index (κ1) is 21.4. The predicted octanol–water partition coefficient (Wildman–Crippen LogP) is 3.51. The molecule has 0 fully saturated rings. The number of methoxy groups -OCH3 is 1. The van der Waals surface area contributed by atoms with E-state index in [1.165, 1.54) is 12.0 Å². The summed E-state index contributed by atoms with van der Waals surface area (Å²) in [4.78, 5) is 23.6. The number of ether oxygens (including phenoxy) is 2. The van der Waals surface area contributed by atoms with Gasteiger partial charge in [0.05, 0.1) is 13.7 Å². The quantitative estimate of drug-likeness (QED) is 0.523. The Morgan fingerprint density at radius 2 is 1.74 bits per heavy atom. The second kappa shape index (κ2) is 8.87. The van der Waals surface area contributed by atoms with E-state index in [1.54, 1.807) is 38.4 Å². The highest BCUT2D eigenvalue weighted by Gasteiger charge is 2.48. The van der Waals surface area contributed by atoms with Crippen LogP contribution in [0.15, 0.2) is 54.6 Å². The van der Waals surface area contributed by atoms with E-state index in [0.29, 0.717) is 11.3 Å². The van der Waals surface area contributed by atoms with Gasteiger partial charge in [0.1, 0.15) is 5.75 Å². The molecular formula is C18H21ClNO6P. The van der Waals surface area contributed by atoms with Crippen molar-refractivity contribution in [2.45, 2.75) is 12.3 Å². The molecule has 0 saturated heterocycles. The van der Waals surface area contributed by atoms with E-state index in [-0.39, 0.29) is 6.61 Å². The fourth-order valence-corrected chi connectivity index (χ4v) is 3.09. The molecule has 1 unspecified atom stereocenters. The molecule has 7 nitrogen and oxygen atoms in total.